The fourth-order valence-corrected chi connectivity index (χ4v) is 3.33. The number of hydrogen-bond acceptors (Lipinski definition) is 4. The first-order valence-corrected chi connectivity index (χ1v) is 11.4. The van der Waals surface area contributed by atoms with Crippen molar-refractivity contribution in [3.63, 3.8) is 0 Å². The van der Waals surface area contributed by atoms with Gasteiger partial charge in [-0.05, 0) is 58.7 Å². The Morgan fingerprint density at radius 1 is 1.09 bits per heavy atom. The van der Waals surface area contributed by atoms with Crippen molar-refractivity contribution >= 4 is 5.96 Å². The minimum atomic E-state index is -0.281. The monoisotopic (exact) mass is 448 g/mol. The number of aliphatic imine (C=N–C) groups is 1. The average molecular weight is 449 g/mol. The lowest BCUT2D eigenvalue weighted by atomic mass is 10.1. The number of nitrogens with zero attached hydrogens (tertiary/aromatic N) is 4. The zero-order valence-electron chi connectivity index (χ0n) is 20.8. The molecule has 1 heterocycles. The van der Waals surface area contributed by atoms with Crippen molar-refractivity contribution in [2.45, 2.75) is 66.3 Å². The third kappa shape index (κ3) is 7.07. The molecule has 0 aliphatic carbocycles. The Balaban J connectivity index is 1.82. The molecule has 1 atom stereocenters. The molecule has 0 aliphatic rings. The summed E-state index contributed by atoms with van der Waals surface area (Å²) in [7, 11) is 1.96. The molecule has 2 aromatic carbocycles. The highest BCUT2D eigenvalue weighted by molar-refractivity contribution is 5.80. The Labute approximate surface area is 197 Å². The molecule has 1 unspecified atom stereocenters. The number of rotatable bonds is 7. The lowest BCUT2D eigenvalue weighted by molar-refractivity contribution is 0.129. The van der Waals surface area contributed by atoms with E-state index < -0.39 is 0 Å². The van der Waals surface area contributed by atoms with Crippen LogP contribution in [0.4, 0.5) is 0 Å². The molecule has 2 N–H and O–H groups in total. The van der Waals surface area contributed by atoms with Crippen LogP contribution in [0.1, 0.15) is 62.1 Å². The molecule has 0 amide bonds. The van der Waals surface area contributed by atoms with Crippen LogP contribution in [0.3, 0.4) is 0 Å². The molecule has 3 aromatic rings. The summed E-state index contributed by atoms with van der Waals surface area (Å²) in [4.78, 5) is 4.89. The van der Waals surface area contributed by atoms with Gasteiger partial charge in [0.15, 0.2) is 11.8 Å². The smallest absolute Gasteiger partial charge is 0.192 e. The highest BCUT2D eigenvalue weighted by Crippen LogP contribution is 2.25. The van der Waals surface area contributed by atoms with E-state index in [0.29, 0.717) is 19.0 Å². The van der Waals surface area contributed by atoms with E-state index in [9.17, 15) is 0 Å². The molecular formula is C26H36N6O. The van der Waals surface area contributed by atoms with E-state index in [1.165, 1.54) is 5.56 Å². The first kappa shape index (κ1) is 24.3. The molecule has 0 saturated heterocycles. The number of guanidine groups is 1. The summed E-state index contributed by atoms with van der Waals surface area (Å²) >= 11 is 0. The second-order valence-corrected chi connectivity index (χ2v) is 9.34. The SMILES string of the molecule is Cc1ccc(CN=C(NCc2nnc(C)n2C)NC(C)c2ccccc2)c(OC(C)(C)C)c1. The lowest BCUT2D eigenvalue weighted by Crippen LogP contribution is -2.39. The molecule has 0 radical (unpaired) electrons. The van der Waals surface area contributed by atoms with Gasteiger partial charge in [0.25, 0.3) is 0 Å². The first-order valence-electron chi connectivity index (χ1n) is 11.4. The Morgan fingerprint density at radius 3 is 2.45 bits per heavy atom. The first-order chi connectivity index (χ1) is 15.6. The van der Waals surface area contributed by atoms with Crippen molar-refractivity contribution in [1.29, 1.82) is 0 Å². The predicted molar refractivity (Wildman–Crippen MR) is 133 cm³/mol. The van der Waals surface area contributed by atoms with Crippen LogP contribution in [0.15, 0.2) is 53.5 Å². The number of aryl methyl sites for hydroxylation is 2. The van der Waals surface area contributed by atoms with Crippen molar-refractivity contribution < 1.29 is 4.74 Å². The standard InChI is InChI=1S/C26H36N6O/c1-18-13-14-22(23(15-18)33-26(4,5)6)16-27-25(28-17-24-31-30-20(3)32(24)7)29-19(2)21-11-9-8-10-12-21/h8-15,19H,16-17H2,1-7H3,(H2,27,28,29). The van der Waals surface area contributed by atoms with E-state index in [1.807, 2.05) is 36.7 Å². The maximum atomic E-state index is 6.21. The van der Waals surface area contributed by atoms with Crippen LogP contribution in [0.5, 0.6) is 5.75 Å². The lowest BCUT2D eigenvalue weighted by Gasteiger charge is -2.23. The summed E-state index contributed by atoms with van der Waals surface area (Å²) in [5, 5.41) is 15.3. The largest absolute Gasteiger partial charge is 0.488 e. The van der Waals surface area contributed by atoms with Crippen molar-refractivity contribution in [3.8, 4) is 5.75 Å². The van der Waals surface area contributed by atoms with E-state index in [2.05, 4.69) is 85.8 Å². The zero-order valence-corrected chi connectivity index (χ0v) is 20.8. The third-order valence-electron chi connectivity index (χ3n) is 5.30. The molecule has 176 valence electrons. The maximum Gasteiger partial charge on any atom is 0.192 e. The Bertz CT molecular complexity index is 1080. The Hall–Kier alpha value is -3.35. The average Bonchev–Trinajstić information content (AvgIpc) is 3.08. The summed E-state index contributed by atoms with van der Waals surface area (Å²) in [5.74, 6) is 3.29. The molecule has 1 aromatic heterocycles. The minimum absolute atomic E-state index is 0.0852. The van der Waals surface area contributed by atoms with Gasteiger partial charge in [-0.2, -0.15) is 0 Å². The van der Waals surface area contributed by atoms with Gasteiger partial charge in [-0.15, -0.1) is 10.2 Å². The topological polar surface area (TPSA) is 76.4 Å². The highest BCUT2D eigenvalue weighted by atomic mass is 16.5. The van der Waals surface area contributed by atoms with E-state index in [1.54, 1.807) is 0 Å². The van der Waals surface area contributed by atoms with Crippen molar-refractivity contribution in [3.05, 3.63) is 76.9 Å². The van der Waals surface area contributed by atoms with Crippen LogP contribution in [-0.2, 0) is 20.1 Å². The second-order valence-electron chi connectivity index (χ2n) is 9.34. The van der Waals surface area contributed by atoms with Gasteiger partial charge in [-0.25, -0.2) is 4.99 Å². The van der Waals surface area contributed by atoms with Crippen LogP contribution in [0.2, 0.25) is 0 Å². The molecular weight excluding hydrogens is 412 g/mol. The van der Waals surface area contributed by atoms with E-state index >= 15 is 0 Å². The Kier molecular flexibility index (Phi) is 7.74. The molecule has 3 rings (SSSR count). The van der Waals surface area contributed by atoms with E-state index in [-0.39, 0.29) is 11.6 Å². The van der Waals surface area contributed by atoms with Crippen LogP contribution in [-0.4, -0.2) is 26.3 Å². The quantitative estimate of drug-likeness (QED) is 0.408. The van der Waals surface area contributed by atoms with Gasteiger partial charge in [-0.1, -0.05) is 42.5 Å². The van der Waals surface area contributed by atoms with Gasteiger partial charge < -0.3 is 19.9 Å². The Morgan fingerprint density at radius 2 is 1.82 bits per heavy atom. The summed E-state index contributed by atoms with van der Waals surface area (Å²) in [6.45, 7) is 13.3. The van der Waals surface area contributed by atoms with Crippen molar-refractivity contribution in [2.75, 3.05) is 0 Å². The summed E-state index contributed by atoms with van der Waals surface area (Å²) in [5.41, 5.74) is 3.11. The zero-order chi connectivity index (χ0) is 24.0. The molecule has 0 bridgehead atoms. The summed E-state index contributed by atoms with van der Waals surface area (Å²) in [6.07, 6.45) is 0. The maximum absolute atomic E-state index is 6.21. The van der Waals surface area contributed by atoms with Gasteiger partial charge >= 0.3 is 0 Å². The highest BCUT2D eigenvalue weighted by Gasteiger charge is 2.16. The third-order valence-corrected chi connectivity index (χ3v) is 5.30. The van der Waals surface area contributed by atoms with Crippen LogP contribution < -0.4 is 15.4 Å². The van der Waals surface area contributed by atoms with Crippen LogP contribution in [0, 0.1) is 13.8 Å². The normalized spacial score (nSPS) is 13.0. The van der Waals surface area contributed by atoms with E-state index in [0.717, 1.165) is 28.5 Å². The van der Waals surface area contributed by atoms with Gasteiger partial charge in [0, 0.05) is 12.6 Å². The van der Waals surface area contributed by atoms with Gasteiger partial charge in [0.1, 0.15) is 17.2 Å². The van der Waals surface area contributed by atoms with Gasteiger partial charge in [0.2, 0.25) is 0 Å². The summed E-state index contributed by atoms with van der Waals surface area (Å²) in [6, 6.07) is 16.7. The second kappa shape index (κ2) is 10.5. The minimum Gasteiger partial charge on any atom is -0.488 e. The van der Waals surface area contributed by atoms with Crippen molar-refractivity contribution in [2.24, 2.45) is 12.0 Å². The van der Waals surface area contributed by atoms with E-state index in [4.69, 9.17) is 9.73 Å². The van der Waals surface area contributed by atoms with Gasteiger partial charge in [0.05, 0.1) is 19.1 Å². The van der Waals surface area contributed by atoms with Crippen LogP contribution in [0.25, 0.3) is 0 Å². The molecule has 33 heavy (non-hydrogen) atoms. The van der Waals surface area contributed by atoms with Crippen LogP contribution >= 0.6 is 0 Å². The molecule has 7 nitrogen and oxygen atoms in total. The fraction of sp³-hybridized carbons (Fsp3) is 0.423. The summed E-state index contributed by atoms with van der Waals surface area (Å²) < 4.78 is 8.19. The molecule has 0 saturated carbocycles. The molecule has 0 fully saturated rings. The number of aromatic nitrogens is 3. The predicted octanol–water partition coefficient (Wildman–Crippen LogP) is 4.61. The molecule has 7 heteroatoms. The number of nitrogens with one attached hydrogen (secondary N) is 2. The number of benzene rings is 2. The van der Waals surface area contributed by atoms with Gasteiger partial charge in [-0.3, -0.25) is 0 Å². The van der Waals surface area contributed by atoms with Crippen molar-refractivity contribution in [1.82, 2.24) is 25.4 Å². The number of hydrogen-bond donors (Lipinski definition) is 2. The molecule has 0 aliphatic heterocycles. The molecule has 0 spiro atoms. The fourth-order valence-electron chi connectivity index (χ4n) is 3.33. The number of ether oxygens (including phenoxy) is 1.